The summed E-state index contributed by atoms with van der Waals surface area (Å²) < 4.78 is 5.04. The molecule has 1 nitrogen and oxygen atoms in total. The Labute approximate surface area is 46.7 Å². The first-order valence-electron chi connectivity index (χ1n) is 2.52. The molecule has 42 valence electrons. The summed E-state index contributed by atoms with van der Waals surface area (Å²) in [6.45, 7) is 6.49. The number of rotatable bonds is 2. The Hall–Kier alpha value is 0.455. The van der Waals surface area contributed by atoms with Gasteiger partial charge in [-0.25, -0.2) is 0 Å². The molecule has 0 saturated carbocycles. The van der Waals surface area contributed by atoms with Crippen molar-refractivity contribution >= 4 is 14.3 Å². The van der Waals surface area contributed by atoms with Crippen LogP contribution >= 0.6 is 7.64 Å². The average Bonchev–Trinajstić information content (AvgIpc) is 1.68. The van der Waals surface area contributed by atoms with E-state index in [1.807, 2.05) is 0 Å². The molecule has 0 amide bonds. The third kappa shape index (κ3) is 4.31. The molecule has 1 unspecified atom stereocenters. The van der Waals surface area contributed by atoms with E-state index in [9.17, 15) is 0 Å². The molecule has 0 bridgehead atoms. The molecule has 0 aliphatic carbocycles. The Morgan fingerprint density at radius 1 is 1.71 bits per heavy atom. The summed E-state index contributed by atoms with van der Waals surface area (Å²) in [6.07, 6.45) is 1.14. The van der Waals surface area contributed by atoms with E-state index in [-0.39, 0.29) is 0 Å². The SMILES string of the molecule is CCB=[PH](C)OC. The van der Waals surface area contributed by atoms with Crippen LogP contribution in [0.1, 0.15) is 6.92 Å². The van der Waals surface area contributed by atoms with Gasteiger partial charge in [-0.05, 0) is 0 Å². The predicted molar refractivity (Wildman–Crippen MR) is 37.5 cm³/mol. The van der Waals surface area contributed by atoms with Crippen LogP contribution < -0.4 is 0 Å². The van der Waals surface area contributed by atoms with Gasteiger partial charge in [0.25, 0.3) is 0 Å². The molecule has 0 aromatic carbocycles. The van der Waals surface area contributed by atoms with Gasteiger partial charge in [-0.3, -0.25) is 0 Å². The van der Waals surface area contributed by atoms with Gasteiger partial charge >= 0.3 is 45.8 Å². The third-order valence-corrected chi connectivity index (χ3v) is 2.44. The first kappa shape index (κ1) is 7.45. The zero-order valence-electron chi connectivity index (χ0n) is 5.19. The predicted octanol–water partition coefficient (Wildman–Crippen LogP) is 1.45. The standard InChI is InChI=1S/C4H12BOP/c1-4-5-7(3)6-2/h7H,4H2,1-3H3. The Morgan fingerprint density at radius 2 is 2.29 bits per heavy atom. The van der Waals surface area contributed by atoms with Crippen LogP contribution in [0.2, 0.25) is 6.32 Å². The maximum atomic E-state index is 5.04. The fraction of sp³-hybridized carbons (Fsp3) is 1.00. The average molecular weight is 118 g/mol. The minimum atomic E-state index is -0.505. The van der Waals surface area contributed by atoms with Crippen LogP contribution in [0.4, 0.5) is 0 Å². The van der Waals surface area contributed by atoms with Crippen LogP contribution in [0.25, 0.3) is 0 Å². The van der Waals surface area contributed by atoms with Crippen LogP contribution in [0, 0.1) is 0 Å². The van der Waals surface area contributed by atoms with E-state index in [0.717, 1.165) is 6.32 Å². The van der Waals surface area contributed by atoms with Crippen LogP contribution in [0.5, 0.6) is 0 Å². The summed E-state index contributed by atoms with van der Waals surface area (Å²) >= 11 is 0. The summed E-state index contributed by atoms with van der Waals surface area (Å²) in [4.78, 5) is 0. The van der Waals surface area contributed by atoms with Crippen LogP contribution in [-0.2, 0) is 4.52 Å². The first-order valence-corrected chi connectivity index (χ1v) is 4.50. The molecule has 0 heterocycles. The molecule has 0 spiro atoms. The van der Waals surface area contributed by atoms with Crippen molar-refractivity contribution in [3.8, 4) is 0 Å². The van der Waals surface area contributed by atoms with Gasteiger partial charge in [0.2, 0.25) is 0 Å². The van der Waals surface area contributed by atoms with Gasteiger partial charge in [0, 0.05) is 0 Å². The fourth-order valence-electron chi connectivity index (χ4n) is 0.371. The zero-order valence-corrected chi connectivity index (χ0v) is 6.19. The Bertz CT molecular complexity index is 72.1. The molecule has 0 radical (unpaired) electrons. The quantitative estimate of drug-likeness (QED) is 0.393. The van der Waals surface area contributed by atoms with E-state index in [2.05, 4.69) is 20.2 Å². The van der Waals surface area contributed by atoms with Crippen LogP contribution in [-0.4, -0.2) is 20.4 Å². The van der Waals surface area contributed by atoms with Crippen molar-refractivity contribution in [3.63, 3.8) is 0 Å². The van der Waals surface area contributed by atoms with Crippen LogP contribution in [0.15, 0.2) is 0 Å². The second-order valence-electron chi connectivity index (χ2n) is 1.43. The maximum absolute atomic E-state index is 5.04. The summed E-state index contributed by atoms with van der Waals surface area (Å²) in [5, 5.41) is 0. The van der Waals surface area contributed by atoms with E-state index < -0.39 is 7.64 Å². The molecule has 3 heteroatoms. The van der Waals surface area contributed by atoms with E-state index in [0.29, 0.717) is 0 Å². The second-order valence-corrected chi connectivity index (χ2v) is 3.46. The summed E-state index contributed by atoms with van der Waals surface area (Å²) in [5.74, 6) is 0. The molecule has 1 atom stereocenters. The van der Waals surface area contributed by atoms with E-state index in [4.69, 9.17) is 4.52 Å². The fourth-order valence-corrected chi connectivity index (χ4v) is 1.11. The first-order chi connectivity index (χ1) is 3.31. The van der Waals surface area contributed by atoms with Gasteiger partial charge in [0.15, 0.2) is 0 Å². The van der Waals surface area contributed by atoms with E-state index >= 15 is 0 Å². The van der Waals surface area contributed by atoms with Crippen molar-refractivity contribution in [2.24, 2.45) is 0 Å². The van der Waals surface area contributed by atoms with Crippen molar-refractivity contribution in [1.82, 2.24) is 0 Å². The Morgan fingerprint density at radius 3 is 2.43 bits per heavy atom. The van der Waals surface area contributed by atoms with Crippen molar-refractivity contribution in [2.75, 3.05) is 13.8 Å². The molecule has 0 fully saturated rings. The minimum absolute atomic E-state index is 0.505. The van der Waals surface area contributed by atoms with Gasteiger partial charge in [-0.15, -0.1) is 0 Å². The molecule has 7 heavy (non-hydrogen) atoms. The van der Waals surface area contributed by atoms with Crippen LogP contribution in [0.3, 0.4) is 0 Å². The van der Waals surface area contributed by atoms with Crippen molar-refractivity contribution in [1.29, 1.82) is 0 Å². The molecule has 0 aromatic rings. The monoisotopic (exact) mass is 118 g/mol. The molecule has 0 rings (SSSR count). The second kappa shape index (κ2) is 4.61. The van der Waals surface area contributed by atoms with Gasteiger partial charge in [-0.1, -0.05) is 0 Å². The summed E-state index contributed by atoms with van der Waals surface area (Å²) in [7, 11) is 1.26. The normalized spacial score (nSPS) is 13.6. The van der Waals surface area contributed by atoms with Crippen molar-refractivity contribution < 1.29 is 4.52 Å². The topological polar surface area (TPSA) is 9.23 Å². The summed E-state index contributed by atoms with van der Waals surface area (Å²) in [6, 6.07) is 0. The Balaban J connectivity index is 3.29. The molecular formula is C4H12BOP. The van der Waals surface area contributed by atoms with Gasteiger partial charge in [0.1, 0.15) is 0 Å². The zero-order chi connectivity index (χ0) is 5.70. The Kier molecular flexibility index (Phi) is 4.91. The molecule has 0 aromatic heterocycles. The van der Waals surface area contributed by atoms with Crippen molar-refractivity contribution in [3.05, 3.63) is 0 Å². The van der Waals surface area contributed by atoms with Gasteiger partial charge < -0.3 is 0 Å². The molecule has 0 aliphatic heterocycles. The van der Waals surface area contributed by atoms with Gasteiger partial charge in [0.05, 0.1) is 0 Å². The third-order valence-electron chi connectivity index (χ3n) is 0.814. The summed E-state index contributed by atoms with van der Waals surface area (Å²) in [5.41, 5.74) is 0. The van der Waals surface area contributed by atoms with E-state index in [1.54, 1.807) is 7.11 Å². The molecule has 0 aliphatic rings. The number of hydrogen-bond acceptors (Lipinski definition) is 1. The van der Waals surface area contributed by atoms with Crippen molar-refractivity contribution in [2.45, 2.75) is 13.2 Å². The number of hydrogen-bond donors (Lipinski definition) is 0. The molecular weight excluding hydrogens is 106 g/mol. The molecule has 0 N–H and O–H groups in total. The molecule has 0 saturated heterocycles. The van der Waals surface area contributed by atoms with E-state index in [1.165, 1.54) is 0 Å². The van der Waals surface area contributed by atoms with Gasteiger partial charge in [-0.2, -0.15) is 0 Å².